The number of carboxylic acid groups (broad SMARTS) is 1. The lowest BCUT2D eigenvalue weighted by Crippen LogP contribution is -2.27. The zero-order valence-corrected chi connectivity index (χ0v) is 20.2. The van der Waals surface area contributed by atoms with Gasteiger partial charge in [-0.25, -0.2) is 0 Å². The van der Waals surface area contributed by atoms with E-state index >= 15 is 0 Å². The van der Waals surface area contributed by atoms with Crippen molar-refractivity contribution in [3.05, 3.63) is 83.9 Å². The third-order valence-electron chi connectivity index (χ3n) is 7.31. The maximum Gasteiger partial charge on any atom is 0.305 e. The normalized spacial score (nSPS) is 21.4. The summed E-state index contributed by atoms with van der Waals surface area (Å²) in [6.07, 6.45) is 3.67. The van der Waals surface area contributed by atoms with Crippen LogP contribution in [0.5, 0.6) is 0 Å². The van der Waals surface area contributed by atoms with Crippen molar-refractivity contribution in [2.75, 3.05) is 26.4 Å². The number of ether oxygens (including phenoxy) is 2. The first-order chi connectivity index (χ1) is 17.0. The predicted octanol–water partition coefficient (Wildman–Crippen LogP) is 5.81. The summed E-state index contributed by atoms with van der Waals surface area (Å²) in [5.74, 6) is -0.579. The Labute approximate surface area is 207 Å². The summed E-state index contributed by atoms with van der Waals surface area (Å²) in [7, 11) is 0. The van der Waals surface area contributed by atoms with Crippen LogP contribution in [0.25, 0.3) is 11.1 Å². The van der Waals surface area contributed by atoms with E-state index in [9.17, 15) is 9.59 Å². The molecule has 0 radical (unpaired) electrons. The van der Waals surface area contributed by atoms with Gasteiger partial charge in [0.05, 0.1) is 19.6 Å². The van der Waals surface area contributed by atoms with E-state index in [0.717, 1.165) is 36.8 Å². The monoisotopic (exact) mass is 474 g/mol. The first-order valence-corrected chi connectivity index (χ1v) is 12.5. The summed E-state index contributed by atoms with van der Waals surface area (Å²) in [5, 5.41) is 8.65. The average Bonchev–Trinajstić information content (AvgIpc) is 3.38. The van der Waals surface area contributed by atoms with E-state index in [4.69, 9.17) is 14.6 Å². The molecule has 0 bridgehead atoms. The summed E-state index contributed by atoms with van der Waals surface area (Å²) >= 11 is 0. The zero-order valence-electron chi connectivity index (χ0n) is 20.2. The first kappa shape index (κ1) is 25.1. The molecule has 5 nitrogen and oxygen atoms in total. The van der Waals surface area contributed by atoms with Crippen molar-refractivity contribution >= 4 is 22.9 Å². The second-order valence-corrected chi connectivity index (χ2v) is 9.36. The molecular formula is C30H34O5. The second-order valence-electron chi connectivity index (χ2n) is 9.36. The van der Waals surface area contributed by atoms with Crippen molar-refractivity contribution < 1.29 is 24.2 Å². The largest absolute Gasteiger partial charge is 0.481 e. The predicted molar refractivity (Wildman–Crippen MR) is 137 cm³/mol. The number of rotatable bonds is 13. The van der Waals surface area contributed by atoms with E-state index in [2.05, 4.69) is 43.0 Å². The first-order valence-electron chi connectivity index (χ1n) is 12.5. The third-order valence-corrected chi connectivity index (χ3v) is 7.31. The number of fused-ring (bicyclic) bond motifs is 1. The number of hydrogen-bond donors (Lipinski definition) is 1. The van der Waals surface area contributed by atoms with Gasteiger partial charge in [-0.3, -0.25) is 9.59 Å². The van der Waals surface area contributed by atoms with Crippen molar-refractivity contribution in [2.45, 2.75) is 38.5 Å². The van der Waals surface area contributed by atoms with Crippen molar-refractivity contribution in [2.24, 2.45) is 11.3 Å². The van der Waals surface area contributed by atoms with Crippen LogP contribution in [0.3, 0.4) is 0 Å². The van der Waals surface area contributed by atoms with Gasteiger partial charge in [-0.05, 0) is 48.0 Å². The van der Waals surface area contributed by atoms with Gasteiger partial charge in [-0.2, -0.15) is 0 Å². The number of ketones is 1. The number of carbonyl (C=O) groups is 2. The van der Waals surface area contributed by atoms with Gasteiger partial charge >= 0.3 is 5.97 Å². The fourth-order valence-electron chi connectivity index (χ4n) is 5.72. The molecule has 0 saturated heterocycles. The molecule has 5 heteroatoms. The Hall–Kier alpha value is -3.02. The van der Waals surface area contributed by atoms with Crippen LogP contribution in [0.4, 0.5) is 0 Å². The number of benzene rings is 2. The van der Waals surface area contributed by atoms with Crippen molar-refractivity contribution in [3.8, 4) is 0 Å². The van der Waals surface area contributed by atoms with E-state index in [1.165, 1.54) is 16.7 Å². The third kappa shape index (κ3) is 5.47. The SMILES string of the molecule is C=C(c1ccccc1)C12CCC(=O)C1CC(CCOCCCOCCC(=O)O)=C2c1ccccc1. The van der Waals surface area contributed by atoms with E-state index in [1.807, 2.05) is 24.3 Å². The van der Waals surface area contributed by atoms with Gasteiger partial charge in [-0.1, -0.05) is 72.8 Å². The number of aliphatic carboxylic acids is 1. The van der Waals surface area contributed by atoms with Crippen LogP contribution in [0.15, 0.2) is 72.8 Å². The highest BCUT2D eigenvalue weighted by Crippen LogP contribution is 2.64. The van der Waals surface area contributed by atoms with Crippen LogP contribution in [-0.4, -0.2) is 43.3 Å². The molecule has 2 unspecified atom stereocenters. The summed E-state index contributed by atoms with van der Waals surface area (Å²) in [4.78, 5) is 23.6. The van der Waals surface area contributed by atoms with Crippen LogP contribution in [0, 0.1) is 11.3 Å². The van der Waals surface area contributed by atoms with Crippen molar-refractivity contribution in [1.82, 2.24) is 0 Å². The molecular weight excluding hydrogens is 440 g/mol. The summed E-state index contributed by atoms with van der Waals surface area (Å²) in [5.41, 5.74) is 5.51. The number of carboxylic acids is 1. The van der Waals surface area contributed by atoms with Gasteiger partial charge in [0, 0.05) is 31.0 Å². The molecule has 2 aromatic rings. The molecule has 0 spiro atoms. The lowest BCUT2D eigenvalue weighted by atomic mass is 9.66. The maximum absolute atomic E-state index is 13.1. The van der Waals surface area contributed by atoms with Crippen molar-refractivity contribution in [1.29, 1.82) is 0 Å². The minimum absolute atomic E-state index is 0.0210. The Morgan fingerprint density at radius 1 is 0.971 bits per heavy atom. The van der Waals surface area contributed by atoms with Gasteiger partial charge in [0.25, 0.3) is 0 Å². The molecule has 4 rings (SSSR count). The molecule has 1 N–H and O–H groups in total. The molecule has 0 aromatic heterocycles. The fourth-order valence-corrected chi connectivity index (χ4v) is 5.72. The zero-order chi connectivity index (χ0) is 24.7. The maximum atomic E-state index is 13.1. The number of hydrogen-bond acceptors (Lipinski definition) is 4. The molecule has 2 aliphatic rings. The van der Waals surface area contributed by atoms with Crippen LogP contribution in [-0.2, 0) is 19.1 Å². The van der Waals surface area contributed by atoms with Crippen LogP contribution in [0.1, 0.15) is 49.7 Å². The molecule has 0 heterocycles. The van der Waals surface area contributed by atoms with E-state index in [0.29, 0.717) is 32.0 Å². The van der Waals surface area contributed by atoms with Crippen LogP contribution < -0.4 is 0 Å². The molecule has 184 valence electrons. The Morgan fingerprint density at radius 3 is 2.31 bits per heavy atom. The minimum atomic E-state index is -0.851. The molecule has 0 aliphatic heterocycles. The van der Waals surface area contributed by atoms with Crippen LogP contribution in [0.2, 0.25) is 0 Å². The van der Waals surface area contributed by atoms with Gasteiger partial charge in [0.1, 0.15) is 5.78 Å². The highest BCUT2D eigenvalue weighted by molar-refractivity contribution is 6.00. The molecule has 2 aromatic carbocycles. The van der Waals surface area contributed by atoms with Gasteiger partial charge in [-0.15, -0.1) is 0 Å². The second kappa shape index (κ2) is 11.6. The number of Topliss-reactive ketones (excluding diaryl/α,β-unsaturated/α-hetero) is 1. The quantitative estimate of drug-likeness (QED) is 0.371. The van der Waals surface area contributed by atoms with E-state index in [1.54, 1.807) is 0 Å². The Kier molecular flexibility index (Phi) is 8.32. The minimum Gasteiger partial charge on any atom is -0.481 e. The highest BCUT2D eigenvalue weighted by Gasteiger charge is 2.56. The molecule has 1 saturated carbocycles. The number of allylic oxidation sites excluding steroid dienone is 2. The van der Waals surface area contributed by atoms with Gasteiger partial charge in [0.15, 0.2) is 0 Å². The molecule has 0 amide bonds. The lowest BCUT2D eigenvalue weighted by Gasteiger charge is -2.35. The fraction of sp³-hybridized carbons (Fsp3) is 0.400. The molecule has 2 aliphatic carbocycles. The smallest absolute Gasteiger partial charge is 0.305 e. The summed E-state index contributed by atoms with van der Waals surface area (Å²) in [6, 6.07) is 20.7. The van der Waals surface area contributed by atoms with Crippen LogP contribution >= 0.6 is 0 Å². The summed E-state index contributed by atoms with van der Waals surface area (Å²) < 4.78 is 11.2. The van der Waals surface area contributed by atoms with Crippen molar-refractivity contribution in [3.63, 3.8) is 0 Å². The Bertz CT molecular complexity index is 1070. The topological polar surface area (TPSA) is 72.8 Å². The Morgan fingerprint density at radius 2 is 1.63 bits per heavy atom. The standard InChI is InChI=1S/C30H34O5/c1-22(23-9-4-2-5-10-23)30-16-13-27(31)26(30)21-25(29(30)24-11-6-3-7-12-24)14-19-34-17-8-18-35-20-15-28(32)33/h2-7,9-12,26H,1,8,13-21H2,(H,32,33). The van der Waals surface area contributed by atoms with Gasteiger partial charge < -0.3 is 14.6 Å². The average molecular weight is 475 g/mol. The van der Waals surface area contributed by atoms with E-state index in [-0.39, 0.29) is 24.4 Å². The highest BCUT2D eigenvalue weighted by atomic mass is 16.5. The Balaban J connectivity index is 1.50. The van der Waals surface area contributed by atoms with E-state index < -0.39 is 5.97 Å². The molecule has 1 fully saturated rings. The number of carbonyl (C=O) groups excluding carboxylic acids is 1. The summed E-state index contributed by atoms with van der Waals surface area (Å²) in [6.45, 7) is 6.43. The molecule has 35 heavy (non-hydrogen) atoms. The lowest BCUT2D eigenvalue weighted by molar-refractivity contribution is -0.138. The van der Waals surface area contributed by atoms with Gasteiger partial charge in [0.2, 0.25) is 0 Å². The molecule has 2 atom stereocenters.